The maximum atomic E-state index is 5.66. The molecule has 0 spiro atoms. The second-order valence-electron chi connectivity index (χ2n) is 4.55. The summed E-state index contributed by atoms with van der Waals surface area (Å²) in [5.41, 5.74) is 7.44. The van der Waals surface area contributed by atoms with Crippen LogP contribution in [0.5, 0.6) is 0 Å². The number of hydrazine groups is 1. The van der Waals surface area contributed by atoms with Crippen molar-refractivity contribution in [3.8, 4) is 0 Å². The van der Waals surface area contributed by atoms with Gasteiger partial charge >= 0.3 is 0 Å². The van der Waals surface area contributed by atoms with Crippen LogP contribution < -0.4 is 11.3 Å². The number of hydrogen-bond acceptors (Lipinski definition) is 3. The monoisotopic (exact) mass is 241 g/mol. The van der Waals surface area contributed by atoms with Crippen molar-refractivity contribution in [1.82, 2.24) is 10.4 Å². The fraction of sp³-hybridized carbons (Fsp3) is 0.267. The van der Waals surface area contributed by atoms with Gasteiger partial charge in [-0.2, -0.15) is 0 Å². The number of aryl methyl sites for hydroxylation is 2. The lowest BCUT2D eigenvalue weighted by Crippen LogP contribution is -2.30. The number of benzene rings is 1. The molecule has 3 nitrogen and oxygen atoms in total. The first-order chi connectivity index (χ1) is 8.70. The summed E-state index contributed by atoms with van der Waals surface area (Å²) >= 11 is 0. The quantitative estimate of drug-likeness (QED) is 0.638. The van der Waals surface area contributed by atoms with Crippen LogP contribution in [-0.4, -0.2) is 4.98 Å². The summed E-state index contributed by atoms with van der Waals surface area (Å²) < 4.78 is 0. The third kappa shape index (κ3) is 2.94. The normalized spacial score (nSPS) is 12.4. The zero-order valence-electron chi connectivity index (χ0n) is 10.9. The van der Waals surface area contributed by atoms with Gasteiger partial charge in [-0.25, -0.2) is 0 Å². The van der Waals surface area contributed by atoms with E-state index in [4.69, 9.17) is 5.84 Å². The summed E-state index contributed by atoms with van der Waals surface area (Å²) in [6, 6.07) is 14.4. The van der Waals surface area contributed by atoms with Gasteiger partial charge in [0.05, 0.1) is 11.7 Å². The topological polar surface area (TPSA) is 50.9 Å². The van der Waals surface area contributed by atoms with Crippen LogP contribution in [0.3, 0.4) is 0 Å². The van der Waals surface area contributed by atoms with Crippen molar-refractivity contribution < 1.29 is 0 Å². The van der Waals surface area contributed by atoms with Crippen LogP contribution in [0.25, 0.3) is 0 Å². The van der Waals surface area contributed by atoms with Crippen molar-refractivity contribution in [2.24, 2.45) is 5.84 Å². The molecule has 1 atom stereocenters. The molecule has 0 saturated carbocycles. The van der Waals surface area contributed by atoms with Crippen molar-refractivity contribution in [3.63, 3.8) is 0 Å². The second kappa shape index (κ2) is 5.76. The first kappa shape index (κ1) is 12.7. The van der Waals surface area contributed by atoms with Gasteiger partial charge in [0.1, 0.15) is 0 Å². The minimum absolute atomic E-state index is 0.0472. The van der Waals surface area contributed by atoms with Crippen LogP contribution >= 0.6 is 0 Å². The van der Waals surface area contributed by atoms with Crippen LogP contribution in [0.4, 0.5) is 0 Å². The lowest BCUT2D eigenvalue weighted by molar-refractivity contribution is 0.536. The fourth-order valence-electron chi connectivity index (χ4n) is 2.07. The van der Waals surface area contributed by atoms with Gasteiger partial charge in [0, 0.05) is 5.69 Å². The van der Waals surface area contributed by atoms with E-state index in [0.717, 1.165) is 17.8 Å². The van der Waals surface area contributed by atoms with E-state index < -0.39 is 0 Å². The predicted molar refractivity (Wildman–Crippen MR) is 73.9 cm³/mol. The van der Waals surface area contributed by atoms with E-state index in [1.807, 2.05) is 25.1 Å². The smallest absolute Gasteiger partial charge is 0.0672 e. The predicted octanol–water partition coefficient (Wildman–Crippen LogP) is 2.45. The molecule has 1 aromatic carbocycles. The number of nitrogens with two attached hydrogens (primary N) is 1. The molecule has 94 valence electrons. The van der Waals surface area contributed by atoms with Gasteiger partial charge in [-0.15, -0.1) is 0 Å². The van der Waals surface area contributed by atoms with Gasteiger partial charge < -0.3 is 0 Å². The first-order valence-corrected chi connectivity index (χ1v) is 6.15. The molecular weight excluding hydrogens is 222 g/mol. The Bertz CT molecular complexity index is 523. The van der Waals surface area contributed by atoms with Crippen LogP contribution in [0.15, 0.2) is 42.5 Å². The van der Waals surface area contributed by atoms with Crippen molar-refractivity contribution in [3.05, 3.63) is 65.0 Å². The van der Waals surface area contributed by atoms with Crippen molar-refractivity contribution in [2.75, 3.05) is 0 Å². The second-order valence-corrected chi connectivity index (χ2v) is 4.55. The van der Waals surface area contributed by atoms with E-state index in [1.165, 1.54) is 11.1 Å². The summed E-state index contributed by atoms with van der Waals surface area (Å²) in [5.74, 6) is 5.66. The molecule has 0 bridgehead atoms. The number of nitrogens with zero attached hydrogens (tertiary/aromatic N) is 1. The van der Waals surface area contributed by atoms with Gasteiger partial charge in [0.15, 0.2) is 0 Å². The molecule has 0 fully saturated rings. The Morgan fingerprint density at radius 3 is 2.56 bits per heavy atom. The number of pyridine rings is 1. The third-order valence-electron chi connectivity index (χ3n) is 3.15. The standard InChI is InChI=1S/C15H19N3/c1-11-6-3-4-8-13(11)10-15(18-16)14-9-5-7-12(2)17-14/h3-9,15,18H,10,16H2,1-2H3. The summed E-state index contributed by atoms with van der Waals surface area (Å²) in [6.07, 6.45) is 0.847. The molecule has 0 amide bonds. The third-order valence-corrected chi connectivity index (χ3v) is 3.15. The summed E-state index contributed by atoms with van der Waals surface area (Å²) in [7, 11) is 0. The van der Waals surface area contributed by atoms with E-state index >= 15 is 0 Å². The molecule has 3 N–H and O–H groups in total. The van der Waals surface area contributed by atoms with E-state index in [0.29, 0.717) is 0 Å². The van der Waals surface area contributed by atoms with Gasteiger partial charge in [-0.1, -0.05) is 30.3 Å². The average molecular weight is 241 g/mol. The van der Waals surface area contributed by atoms with Crippen LogP contribution in [0, 0.1) is 13.8 Å². The van der Waals surface area contributed by atoms with E-state index in [9.17, 15) is 0 Å². The Hall–Kier alpha value is -1.71. The van der Waals surface area contributed by atoms with Crippen LogP contribution in [-0.2, 0) is 6.42 Å². The largest absolute Gasteiger partial charge is 0.271 e. The minimum atomic E-state index is 0.0472. The molecule has 1 aromatic heterocycles. The Labute approximate surface area is 108 Å². The van der Waals surface area contributed by atoms with Gasteiger partial charge in [0.2, 0.25) is 0 Å². The molecule has 0 radical (unpaired) electrons. The van der Waals surface area contributed by atoms with E-state index in [2.05, 4.69) is 41.6 Å². The van der Waals surface area contributed by atoms with Crippen LogP contribution in [0.2, 0.25) is 0 Å². The summed E-state index contributed by atoms with van der Waals surface area (Å²) in [4.78, 5) is 4.53. The lowest BCUT2D eigenvalue weighted by Gasteiger charge is -2.17. The highest BCUT2D eigenvalue weighted by molar-refractivity contribution is 5.28. The molecule has 1 unspecified atom stereocenters. The number of rotatable bonds is 4. The van der Waals surface area contributed by atoms with E-state index in [1.54, 1.807) is 0 Å². The molecule has 2 rings (SSSR count). The van der Waals surface area contributed by atoms with Crippen molar-refractivity contribution in [1.29, 1.82) is 0 Å². The zero-order valence-corrected chi connectivity index (χ0v) is 10.9. The number of nitrogens with one attached hydrogen (secondary N) is 1. The van der Waals surface area contributed by atoms with Crippen molar-refractivity contribution >= 4 is 0 Å². The SMILES string of the molecule is Cc1cccc(C(Cc2ccccc2C)NN)n1. The lowest BCUT2D eigenvalue weighted by atomic mass is 9.99. The maximum absolute atomic E-state index is 5.66. The Balaban J connectivity index is 2.23. The van der Waals surface area contributed by atoms with E-state index in [-0.39, 0.29) is 6.04 Å². The highest BCUT2D eigenvalue weighted by Crippen LogP contribution is 2.18. The molecule has 0 aliphatic carbocycles. The zero-order chi connectivity index (χ0) is 13.0. The summed E-state index contributed by atoms with van der Waals surface area (Å²) in [5, 5.41) is 0. The van der Waals surface area contributed by atoms with Crippen LogP contribution in [0.1, 0.15) is 28.6 Å². The van der Waals surface area contributed by atoms with Crippen molar-refractivity contribution in [2.45, 2.75) is 26.3 Å². The highest BCUT2D eigenvalue weighted by Gasteiger charge is 2.13. The minimum Gasteiger partial charge on any atom is -0.271 e. The number of aromatic nitrogens is 1. The highest BCUT2D eigenvalue weighted by atomic mass is 15.2. The van der Waals surface area contributed by atoms with Gasteiger partial charge in [-0.3, -0.25) is 16.3 Å². The average Bonchev–Trinajstić information content (AvgIpc) is 2.38. The van der Waals surface area contributed by atoms with Gasteiger partial charge in [-0.05, 0) is 43.5 Å². The van der Waals surface area contributed by atoms with Gasteiger partial charge in [0.25, 0.3) is 0 Å². The molecule has 0 aliphatic heterocycles. The Kier molecular flexibility index (Phi) is 4.07. The Morgan fingerprint density at radius 2 is 1.89 bits per heavy atom. The fourth-order valence-corrected chi connectivity index (χ4v) is 2.07. The first-order valence-electron chi connectivity index (χ1n) is 6.15. The summed E-state index contributed by atoms with van der Waals surface area (Å²) in [6.45, 7) is 4.11. The molecule has 0 saturated heterocycles. The molecule has 18 heavy (non-hydrogen) atoms. The maximum Gasteiger partial charge on any atom is 0.0672 e. The number of hydrogen-bond donors (Lipinski definition) is 2. The Morgan fingerprint density at radius 1 is 1.11 bits per heavy atom. The molecular formula is C15H19N3. The molecule has 1 heterocycles. The molecule has 2 aromatic rings. The molecule has 3 heteroatoms. The molecule has 0 aliphatic rings.